The smallest absolute Gasteiger partial charge is 0.244 e. The lowest BCUT2D eigenvalue weighted by Gasteiger charge is -2.23. The number of hydrogen-bond acceptors (Lipinski definition) is 3. The number of amides is 2. The number of hydrogen-bond donors (Lipinski definition) is 2. The van der Waals surface area contributed by atoms with Crippen molar-refractivity contribution in [2.24, 2.45) is 5.92 Å². The van der Waals surface area contributed by atoms with Crippen LogP contribution >= 0.6 is 0 Å². The minimum atomic E-state index is -0.504. The molecular weight excluding hydrogens is 266 g/mol. The van der Waals surface area contributed by atoms with Crippen LogP contribution in [0.2, 0.25) is 0 Å². The summed E-state index contributed by atoms with van der Waals surface area (Å²) < 4.78 is 0. The molecule has 1 saturated heterocycles. The van der Waals surface area contributed by atoms with E-state index in [1.54, 1.807) is 14.1 Å². The Balaban J connectivity index is 2.04. The zero-order chi connectivity index (χ0) is 15.2. The van der Waals surface area contributed by atoms with E-state index in [4.69, 9.17) is 0 Å². The van der Waals surface area contributed by atoms with Gasteiger partial charge < -0.3 is 15.5 Å². The summed E-state index contributed by atoms with van der Waals surface area (Å²) in [7, 11) is 3.42. The molecule has 0 bridgehead atoms. The Morgan fingerprint density at radius 3 is 2.62 bits per heavy atom. The SMILES string of the molecule is CN(C)C(=O)C(Cc1ccccc1)NC(=O)C1CCNC1. The van der Waals surface area contributed by atoms with Gasteiger partial charge in [0.2, 0.25) is 11.8 Å². The van der Waals surface area contributed by atoms with Crippen molar-refractivity contribution in [1.29, 1.82) is 0 Å². The van der Waals surface area contributed by atoms with E-state index in [0.29, 0.717) is 13.0 Å². The maximum absolute atomic E-state index is 12.3. The molecule has 2 amide bonds. The molecule has 2 atom stereocenters. The van der Waals surface area contributed by atoms with Gasteiger partial charge in [-0.05, 0) is 18.5 Å². The summed E-state index contributed by atoms with van der Waals surface area (Å²) in [5, 5.41) is 6.09. The third-order valence-electron chi connectivity index (χ3n) is 3.77. The van der Waals surface area contributed by atoms with Crippen molar-refractivity contribution < 1.29 is 9.59 Å². The molecule has 0 aromatic heterocycles. The molecule has 1 aromatic rings. The predicted octanol–water partition coefficient (Wildman–Crippen LogP) is 0.412. The lowest BCUT2D eigenvalue weighted by Crippen LogP contribution is -2.49. The van der Waals surface area contributed by atoms with Crippen molar-refractivity contribution in [3.05, 3.63) is 35.9 Å². The van der Waals surface area contributed by atoms with E-state index in [2.05, 4.69) is 10.6 Å². The number of carbonyl (C=O) groups excluding carboxylic acids is 2. The van der Waals surface area contributed by atoms with Gasteiger partial charge in [-0.25, -0.2) is 0 Å². The predicted molar refractivity (Wildman–Crippen MR) is 81.7 cm³/mol. The molecule has 114 valence electrons. The van der Waals surface area contributed by atoms with E-state index in [9.17, 15) is 9.59 Å². The minimum absolute atomic E-state index is 0.0294. The van der Waals surface area contributed by atoms with Crippen molar-refractivity contribution in [2.75, 3.05) is 27.2 Å². The summed E-state index contributed by atoms with van der Waals surface area (Å²) in [4.78, 5) is 26.1. The number of likely N-dealkylation sites (N-methyl/N-ethyl adjacent to an activating group) is 1. The molecule has 1 fully saturated rings. The summed E-state index contributed by atoms with van der Waals surface area (Å²) in [6.45, 7) is 1.56. The third-order valence-corrected chi connectivity index (χ3v) is 3.77. The van der Waals surface area contributed by atoms with E-state index < -0.39 is 6.04 Å². The van der Waals surface area contributed by atoms with Crippen molar-refractivity contribution in [3.8, 4) is 0 Å². The van der Waals surface area contributed by atoms with Crippen LogP contribution in [-0.2, 0) is 16.0 Å². The summed E-state index contributed by atoms with van der Waals surface area (Å²) in [5.74, 6) is -0.132. The van der Waals surface area contributed by atoms with Gasteiger partial charge in [0.15, 0.2) is 0 Å². The van der Waals surface area contributed by atoms with Crippen molar-refractivity contribution >= 4 is 11.8 Å². The van der Waals surface area contributed by atoms with Gasteiger partial charge in [-0.2, -0.15) is 0 Å². The molecule has 0 spiro atoms. The molecule has 1 aromatic carbocycles. The highest BCUT2D eigenvalue weighted by atomic mass is 16.2. The second kappa shape index (κ2) is 7.22. The first-order chi connectivity index (χ1) is 10.1. The fourth-order valence-corrected chi connectivity index (χ4v) is 2.53. The molecule has 1 heterocycles. The molecule has 0 saturated carbocycles. The van der Waals surface area contributed by atoms with Crippen molar-refractivity contribution in [3.63, 3.8) is 0 Å². The van der Waals surface area contributed by atoms with Gasteiger partial charge in [0, 0.05) is 27.1 Å². The van der Waals surface area contributed by atoms with E-state index in [1.807, 2.05) is 30.3 Å². The highest BCUT2D eigenvalue weighted by molar-refractivity contribution is 5.88. The number of carbonyl (C=O) groups is 2. The molecule has 2 N–H and O–H groups in total. The standard InChI is InChI=1S/C16H23N3O2/c1-19(2)16(21)14(10-12-6-4-3-5-7-12)18-15(20)13-8-9-17-11-13/h3-7,13-14,17H,8-11H2,1-2H3,(H,18,20). The molecule has 21 heavy (non-hydrogen) atoms. The van der Waals surface area contributed by atoms with E-state index in [1.165, 1.54) is 4.90 Å². The largest absolute Gasteiger partial charge is 0.347 e. The summed E-state index contributed by atoms with van der Waals surface area (Å²) in [6, 6.07) is 9.26. The zero-order valence-corrected chi connectivity index (χ0v) is 12.6. The maximum atomic E-state index is 12.3. The third kappa shape index (κ3) is 4.29. The van der Waals surface area contributed by atoms with E-state index in [0.717, 1.165) is 18.5 Å². The van der Waals surface area contributed by atoms with Gasteiger partial charge in [0.05, 0.1) is 5.92 Å². The Bertz CT molecular complexity index is 482. The monoisotopic (exact) mass is 289 g/mol. The van der Waals surface area contributed by atoms with Crippen LogP contribution in [0.1, 0.15) is 12.0 Å². The van der Waals surface area contributed by atoms with Gasteiger partial charge >= 0.3 is 0 Å². The second-order valence-corrected chi connectivity index (χ2v) is 5.67. The van der Waals surface area contributed by atoms with Gasteiger partial charge in [-0.15, -0.1) is 0 Å². The van der Waals surface area contributed by atoms with Crippen LogP contribution in [0.25, 0.3) is 0 Å². The molecule has 1 aliphatic heterocycles. The lowest BCUT2D eigenvalue weighted by atomic mass is 10.0. The van der Waals surface area contributed by atoms with Crippen LogP contribution in [0.4, 0.5) is 0 Å². The van der Waals surface area contributed by atoms with Crippen LogP contribution in [0.15, 0.2) is 30.3 Å². The van der Waals surface area contributed by atoms with Crippen LogP contribution in [0.3, 0.4) is 0 Å². The summed E-state index contributed by atoms with van der Waals surface area (Å²) in [6.07, 6.45) is 1.35. The molecule has 5 heteroatoms. The van der Waals surface area contributed by atoms with E-state index in [-0.39, 0.29) is 17.7 Å². The van der Waals surface area contributed by atoms with Crippen LogP contribution in [0, 0.1) is 5.92 Å². The Hall–Kier alpha value is -1.88. The molecule has 5 nitrogen and oxygen atoms in total. The topological polar surface area (TPSA) is 61.4 Å². The highest BCUT2D eigenvalue weighted by Gasteiger charge is 2.28. The van der Waals surface area contributed by atoms with Crippen molar-refractivity contribution in [2.45, 2.75) is 18.9 Å². The first-order valence-corrected chi connectivity index (χ1v) is 7.34. The average molecular weight is 289 g/mol. The van der Waals surface area contributed by atoms with Crippen molar-refractivity contribution in [1.82, 2.24) is 15.5 Å². The van der Waals surface area contributed by atoms with Gasteiger partial charge in [0.25, 0.3) is 0 Å². The average Bonchev–Trinajstić information content (AvgIpc) is 3.01. The summed E-state index contributed by atoms with van der Waals surface area (Å²) >= 11 is 0. The maximum Gasteiger partial charge on any atom is 0.244 e. The van der Waals surface area contributed by atoms with Crippen LogP contribution in [0.5, 0.6) is 0 Å². The minimum Gasteiger partial charge on any atom is -0.347 e. The lowest BCUT2D eigenvalue weighted by molar-refractivity contribution is -0.135. The normalized spacial score (nSPS) is 19.0. The first kappa shape index (κ1) is 15.5. The Morgan fingerprint density at radius 2 is 2.05 bits per heavy atom. The van der Waals surface area contributed by atoms with Gasteiger partial charge in [0.1, 0.15) is 6.04 Å². The summed E-state index contributed by atoms with van der Waals surface area (Å²) in [5.41, 5.74) is 1.04. The van der Waals surface area contributed by atoms with Crippen LogP contribution < -0.4 is 10.6 Å². The van der Waals surface area contributed by atoms with Gasteiger partial charge in [-0.1, -0.05) is 30.3 Å². The number of nitrogens with one attached hydrogen (secondary N) is 2. The van der Waals surface area contributed by atoms with Crippen LogP contribution in [-0.4, -0.2) is 49.9 Å². The fraction of sp³-hybridized carbons (Fsp3) is 0.500. The Kier molecular flexibility index (Phi) is 5.33. The Morgan fingerprint density at radius 1 is 1.33 bits per heavy atom. The number of benzene rings is 1. The molecule has 2 unspecified atom stereocenters. The molecular formula is C16H23N3O2. The molecule has 0 aliphatic carbocycles. The van der Waals surface area contributed by atoms with Gasteiger partial charge in [-0.3, -0.25) is 9.59 Å². The zero-order valence-electron chi connectivity index (χ0n) is 12.6. The number of nitrogens with zero attached hydrogens (tertiary/aromatic N) is 1. The first-order valence-electron chi connectivity index (χ1n) is 7.34. The molecule has 1 aliphatic rings. The Labute approximate surface area is 125 Å². The fourth-order valence-electron chi connectivity index (χ4n) is 2.53. The molecule has 0 radical (unpaired) electrons. The second-order valence-electron chi connectivity index (χ2n) is 5.67. The molecule has 2 rings (SSSR count). The quantitative estimate of drug-likeness (QED) is 0.825. The van der Waals surface area contributed by atoms with E-state index >= 15 is 0 Å². The number of rotatable bonds is 5. The highest BCUT2D eigenvalue weighted by Crippen LogP contribution is 2.10.